The minimum atomic E-state index is -0.376. The molecule has 0 N–H and O–H groups in total. The molecular formula is C10H8ClN3OS. The lowest BCUT2D eigenvalue weighted by Crippen LogP contribution is -2.18. The van der Waals surface area contributed by atoms with Crippen LogP contribution >= 0.6 is 23.4 Å². The van der Waals surface area contributed by atoms with Crippen LogP contribution in [-0.2, 0) is 0 Å². The van der Waals surface area contributed by atoms with E-state index in [4.69, 9.17) is 11.6 Å². The third-order valence-electron chi connectivity index (χ3n) is 1.83. The van der Waals surface area contributed by atoms with E-state index >= 15 is 0 Å². The van der Waals surface area contributed by atoms with Crippen molar-refractivity contribution in [1.82, 2.24) is 14.4 Å². The lowest BCUT2D eigenvalue weighted by atomic mass is 10.5. The molecule has 6 heteroatoms. The fourth-order valence-corrected chi connectivity index (χ4v) is 1.90. The first-order valence-electron chi connectivity index (χ1n) is 4.50. The molecule has 2 heterocycles. The predicted molar refractivity (Wildman–Crippen MR) is 65.2 cm³/mol. The molecule has 2 aromatic heterocycles. The molecule has 0 atom stereocenters. The van der Waals surface area contributed by atoms with E-state index in [0.29, 0.717) is 21.6 Å². The molecular weight excluding hydrogens is 246 g/mol. The molecule has 16 heavy (non-hydrogen) atoms. The summed E-state index contributed by atoms with van der Waals surface area (Å²) >= 11 is 7.15. The monoisotopic (exact) mass is 253 g/mol. The number of aromatic nitrogens is 3. The average molecular weight is 254 g/mol. The van der Waals surface area contributed by atoms with Gasteiger partial charge in [0.15, 0.2) is 5.16 Å². The van der Waals surface area contributed by atoms with Gasteiger partial charge in [0.05, 0.1) is 5.02 Å². The second-order valence-electron chi connectivity index (χ2n) is 2.96. The van der Waals surface area contributed by atoms with Gasteiger partial charge in [-0.05, 0) is 12.1 Å². The van der Waals surface area contributed by atoms with E-state index in [2.05, 4.69) is 16.5 Å². The van der Waals surface area contributed by atoms with Crippen molar-refractivity contribution in [1.29, 1.82) is 0 Å². The zero-order valence-electron chi connectivity index (χ0n) is 8.26. The van der Waals surface area contributed by atoms with Crippen molar-refractivity contribution in [2.75, 3.05) is 5.75 Å². The SMILES string of the molecule is C=CCSc1nc(=O)n2cc(Cl)ccc2n1. The van der Waals surface area contributed by atoms with Crippen LogP contribution < -0.4 is 5.69 Å². The third-order valence-corrected chi connectivity index (χ3v) is 2.90. The number of thioether (sulfide) groups is 1. The standard InChI is InChI=1S/C10H8ClN3OS/c1-2-5-16-9-12-8-4-3-7(11)6-14(8)10(15)13-9/h2-4,6H,1,5H2. The third kappa shape index (κ3) is 2.25. The van der Waals surface area contributed by atoms with Crippen molar-refractivity contribution in [2.24, 2.45) is 0 Å². The molecule has 2 rings (SSSR count). The van der Waals surface area contributed by atoms with E-state index < -0.39 is 0 Å². The van der Waals surface area contributed by atoms with Crippen molar-refractivity contribution in [3.8, 4) is 0 Å². The maximum Gasteiger partial charge on any atom is 0.355 e. The van der Waals surface area contributed by atoms with Gasteiger partial charge in [-0.1, -0.05) is 29.4 Å². The summed E-state index contributed by atoms with van der Waals surface area (Å²) in [4.78, 5) is 19.7. The first-order valence-corrected chi connectivity index (χ1v) is 5.87. The zero-order valence-corrected chi connectivity index (χ0v) is 9.83. The highest BCUT2D eigenvalue weighted by Crippen LogP contribution is 2.13. The summed E-state index contributed by atoms with van der Waals surface area (Å²) < 4.78 is 1.32. The van der Waals surface area contributed by atoms with Crippen molar-refractivity contribution < 1.29 is 0 Å². The van der Waals surface area contributed by atoms with Crippen LogP contribution in [0.15, 0.2) is 40.9 Å². The van der Waals surface area contributed by atoms with E-state index in [1.165, 1.54) is 22.4 Å². The van der Waals surface area contributed by atoms with E-state index in [0.717, 1.165) is 0 Å². The Morgan fingerprint density at radius 1 is 1.50 bits per heavy atom. The Morgan fingerprint density at radius 2 is 2.31 bits per heavy atom. The second kappa shape index (κ2) is 4.67. The van der Waals surface area contributed by atoms with E-state index in [1.807, 2.05) is 0 Å². The fourth-order valence-electron chi connectivity index (χ4n) is 1.17. The molecule has 0 spiro atoms. The maximum absolute atomic E-state index is 11.6. The number of hydrogen-bond donors (Lipinski definition) is 0. The Bertz CT molecular complexity index is 596. The van der Waals surface area contributed by atoms with Crippen molar-refractivity contribution in [3.05, 3.63) is 46.5 Å². The first kappa shape index (κ1) is 11.2. The van der Waals surface area contributed by atoms with Gasteiger partial charge in [-0.15, -0.1) is 6.58 Å². The van der Waals surface area contributed by atoms with Gasteiger partial charge in [-0.3, -0.25) is 0 Å². The Morgan fingerprint density at radius 3 is 3.06 bits per heavy atom. The summed E-state index contributed by atoms with van der Waals surface area (Å²) in [7, 11) is 0. The van der Waals surface area contributed by atoms with Crippen LogP contribution in [0.3, 0.4) is 0 Å². The second-order valence-corrected chi connectivity index (χ2v) is 4.39. The molecule has 0 saturated carbocycles. The molecule has 0 aromatic carbocycles. The Hall–Kier alpha value is -1.33. The molecule has 2 aromatic rings. The maximum atomic E-state index is 11.6. The highest BCUT2D eigenvalue weighted by molar-refractivity contribution is 7.99. The Labute approximate surface area is 101 Å². The van der Waals surface area contributed by atoms with Crippen LogP contribution in [0, 0.1) is 0 Å². The summed E-state index contributed by atoms with van der Waals surface area (Å²) in [5.41, 5.74) is 0.162. The highest BCUT2D eigenvalue weighted by atomic mass is 35.5. The number of halogens is 1. The van der Waals surface area contributed by atoms with Gasteiger partial charge in [0.25, 0.3) is 0 Å². The minimum absolute atomic E-state index is 0.376. The first-order chi connectivity index (χ1) is 7.70. The van der Waals surface area contributed by atoms with Crippen LogP contribution in [0.5, 0.6) is 0 Å². The fraction of sp³-hybridized carbons (Fsp3) is 0.100. The van der Waals surface area contributed by atoms with Crippen LogP contribution in [0.25, 0.3) is 5.65 Å². The van der Waals surface area contributed by atoms with Gasteiger partial charge >= 0.3 is 5.69 Å². The van der Waals surface area contributed by atoms with E-state index in [-0.39, 0.29) is 5.69 Å². The molecule has 0 fully saturated rings. The Kier molecular flexibility index (Phi) is 3.26. The Balaban J connectivity index is 2.55. The summed E-state index contributed by atoms with van der Waals surface area (Å²) in [5.74, 6) is 0.670. The van der Waals surface area contributed by atoms with E-state index in [9.17, 15) is 4.79 Å². The van der Waals surface area contributed by atoms with Gasteiger partial charge in [0.1, 0.15) is 5.65 Å². The van der Waals surface area contributed by atoms with Gasteiger partial charge in [-0.25, -0.2) is 14.2 Å². The molecule has 0 unspecified atom stereocenters. The van der Waals surface area contributed by atoms with Gasteiger partial charge < -0.3 is 0 Å². The minimum Gasteiger partial charge on any atom is -0.250 e. The molecule has 0 saturated heterocycles. The summed E-state index contributed by atoms with van der Waals surface area (Å²) in [6.45, 7) is 3.59. The van der Waals surface area contributed by atoms with Crippen molar-refractivity contribution in [2.45, 2.75) is 5.16 Å². The molecule has 0 aliphatic carbocycles. The van der Waals surface area contributed by atoms with Crippen molar-refractivity contribution in [3.63, 3.8) is 0 Å². The summed E-state index contributed by atoms with van der Waals surface area (Å²) in [6, 6.07) is 3.37. The smallest absolute Gasteiger partial charge is 0.250 e. The molecule has 82 valence electrons. The van der Waals surface area contributed by atoms with Gasteiger partial charge in [-0.2, -0.15) is 4.98 Å². The summed E-state index contributed by atoms with van der Waals surface area (Å²) in [5, 5.41) is 0.928. The van der Waals surface area contributed by atoms with Crippen LogP contribution in [0.2, 0.25) is 5.02 Å². The van der Waals surface area contributed by atoms with Crippen LogP contribution in [0.4, 0.5) is 0 Å². The zero-order chi connectivity index (χ0) is 11.5. The van der Waals surface area contributed by atoms with E-state index in [1.54, 1.807) is 18.2 Å². The number of pyridine rings is 1. The number of nitrogens with zero attached hydrogens (tertiary/aromatic N) is 3. The summed E-state index contributed by atoms with van der Waals surface area (Å²) in [6.07, 6.45) is 3.23. The molecule has 4 nitrogen and oxygen atoms in total. The molecule has 0 aliphatic heterocycles. The highest BCUT2D eigenvalue weighted by Gasteiger charge is 2.03. The van der Waals surface area contributed by atoms with Gasteiger partial charge in [0.2, 0.25) is 0 Å². The normalized spacial score (nSPS) is 10.6. The molecule has 0 aliphatic rings. The van der Waals surface area contributed by atoms with Crippen LogP contribution in [-0.4, -0.2) is 20.1 Å². The van der Waals surface area contributed by atoms with Gasteiger partial charge in [0, 0.05) is 11.9 Å². The number of fused-ring (bicyclic) bond motifs is 1. The lowest BCUT2D eigenvalue weighted by Gasteiger charge is -2.01. The molecule has 0 radical (unpaired) electrons. The molecule has 0 amide bonds. The number of hydrogen-bond acceptors (Lipinski definition) is 4. The molecule has 0 bridgehead atoms. The predicted octanol–water partition coefficient (Wildman–Crippen LogP) is 2.02. The van der Waals surface area contributed by atoms with Crippen LogP contribution in [0.1, 0.15) is 0 Å². The quantitative estimate of drug-likeness (QED) is 0.620. The lowest BCUT2D eigenvalue weighted by molar-refractivity contribution is 0.848. The largest absolute Gasteiger partial charge is 0.355 e. The average Bonchev–Trinajstić information content (AvgIpc) is 2.27. The number of rotatable bonds is 3. The van der Waals surface area contributed by atoms with Crippen molar-refractivity contribution >= 4 is 29.0 Å². The topological polar surface area (TPSA) is 47.3 Å².